The minimum Gasteiger partial charge on any atom is -0.461 e. The highest BCUT2D eigenvalue weighted by Gasteiger charge is 2.11. The molecule has 5 nitrogen and oxygen atoms in total. The number of hydrogen-bond acceptors (Lipinski definition) is 6. The monoisotopic (exact) mass is 287 g/mol. The van der Waals surface area contributed by atoms with Gasteiger partial charge in [-0.25, -0.2) is 9.78 Å². The Morgan fingerprint density at radius 2 is 2.20 bits per heavy atom. The molecule has 0 amide bonds. The highest BCUT2D eigenvalue weighted by atomic mass is 32.1. The first kappa shape index (κ1) is 14.0. The van der Waals surface area contributed by atoms with Crippen LogP contribution in [0.2, 0.25) is 0 Å². The first-order valence-electron chi connectivity index (χ1n) is 6.08. The highest BCUT2D eigenvalue weighted by molar-refractivity contribution is 7.14. The van der Waals surface area contributed by atoms with Crippen LogP contribution in [0.15, 0.2) is 29.6 Å². The predicted octanol–water partition coefficient (Wildman–Crippen LogP) is 3.13. The molecule has 1 aromatic heterocycles. The van der Waals surface area contributed by atoms with Crippen LogP contribution >= 0.6 is 11.3 Å². The average Bonchev–Trinajstić information content (AvgIpc) is 2.90. The third-order valence-electron chi connectivity index (χ3n) is 2.48. The molecule has 102 valence electrons. The second kappa shape index (κ2) is 6.68. The molecule has 0 unspecified atom stereocenters. The van der Waals surface area contributed by atoms with Gasteiger partial charge in [0.1, 0.15) is 0 Å². The van der Waals surface area contributed by atoms with Crippen molar-refractivity contribution in [1.29, 1.82) is 5.26 Å². The molecule has 0 aliphatic carbocycles. The number of thiazole rings is 1. The summed E-state index contributed by atoms with van der Waals surface area (Å²) in [4.78, 5) is 15.7. The van der Waals surface area contributed by atoms with Crippen LogP contribution in [0.1, 0.15) is 23.0 Å². The van der Waals surface area contributed by atoms with Gasteiger partial charge < -0.3 is 10.1 Å². The van der Waals surface area contributed by atoms with Gasteiger partial charge in [0.25, 0.3) is 0 Å². The van der Waals surface area contributed by atoms with Crippen LogP contribution in [0, 0.1) is 11.3 Å². The van der Waals surface area contributed by atoms with E-state index in [9.17, 15) is 4.79 Å². The Labute approximate surface area is 120 Å². The minimum absolute atomic E-state index is 0.306. The summed E-state index contributed by atoms with van der Waals surface area (Å²) < 4.78 is 4.88. The number of esters is 1. The molecule has 0 bridgehead atoms. The van der Waals surface area contributed by atoms with E-state index in [4.69, 9.17) is 10.00 Å². The third-order valence-corrected chi connectivity index (χ3v) is 3.23. The maximum absolute atomic E-state index is 11.5. The van der Waals surface area contributed by atoms with Gasteiger partial charge in [-0.15, -0.1) is 11.3 Å². The van der Waals surface area contributed by atoms with Crippen molar-refractivity contribution in [3.8, 4) is 6.07 Å². The van der Waals surface area contributed by atoms with Crippen molar-refractivity contribution in [3.63, 3.8) is 0 Å². The van der Waals surface area contributed by atoms with Gasteiger partial charge in [-0.3, -0.25) is 0 Å². The molecule has 6 heteroatoms. The number of carbonyl (C=O) groups excluding carboxylic acids is 1. The number of aromatic nitrogens is 1. The van der Waals surface area contributed by atoms with E-state index in [0.717, 1.165) is 11.3 Å². The van der Waals surface area contributed by atoms with Gasteiger partial charge in [0.2, 0.25) is 0 Å². The number of benzene rings is 1. The van der Waals surface area contributed by atoms with Crippen LogP contribution in [-0.2, 0) is 11.2 Å². The van der Waals surface area contributed by atoms with Crippen molar-refractivity contribution >= 4 is 28.1 Å². The molecule has 2 rings (SSSR count). The largest absolute Gasteiger partial charge is 0.461 e. The van der Waals surface area contributed by atoms with E-state index in [2.05, 4.69) is 16.4 Å². The Bertz CT molecular complexity index is 629. The van der Waals surface area contributed by atoms with E-state index < -0.39 is 5.97 Å². The molecule has 0 spiro atoms. The highest BCUT2D eigenvalue weighted by Crippen LogP contribution is 2.21. The number of nitrogens with zero attached hydrogens (tertiary/aromatic N) is 2. The zero-order valence-corrected chi connectivity index (χ0v) is 11.7. The van der Waals surface area contributed by atoms with E-state index in [-0.39, 0.29) is 0 Å². The molecule has 1 aromatic carbocycles. The molecule has 0 saturated heterocycles. The minimum atomic E-state index is -0.416. The van der Waals surface area contributed by atoms with Crippen LogP contribution in [0.25, 0.3) is 0 Å². The number of nitrogens with one attached hydrogen (secondary N) is 1. The van der Waals surface area contributed by atoms with E-state index >= 15 is 0 Å². The SMILES string of the molecule is CCOC(=O)c1csc(Nc2ccc(CC#N)cc2)n1. The predicted molar refractivity (Wildman–Crippen MR) is 77.1 cm³/mol. The van der Waals surface area contributed by atoms with Gasteiger partial charge in [0.15, 0.2) is 10.8 Å². The molecule has 1 heterocycles. The van der Waals surface area contributed by atoms with Gasteiger partial charge in [-0.05, 0) is 24.6 Å². The van der Waals surface area contributed by atoms with E-state index in [1.54, 1.807) is 12.3 Å². The van der Waals surface area contributed by atoms with E-state index in [1.807, 2.05) is 24.3 Å². The fourth-order valence-corrected chi connectivity index (χ4v) is 2.25. The molecule has 1 N–H and O–H groups in total. The van der Waals surface area contributed by atoms with Gasteiger partial charge in [0, 0.05) is 11.1 Å². The second-order valence-electron chi connectivity index (χ2n) is 3.92. The van der Waals surface area contributed by atoms with E-state index in [0.29, 0.717) is 23.9 Å². The van der Waals surface area contributed by atoms with Crippen molar-refractivity contribution in [2.45, 2.75) is 13.3 Å². The molecule has 20 heavy (non-hydrogen) atoms. The number of rotatable bonds is 5. The summed E-state index contributed by atoms with van der Waals surface area (Å²) in [5.41, 5.74) is 2.13. The summed E-state index contributed by atoms with van der Waals surface area (Å²) in [6.45, 7) is 2.09. The Morgan fingerprint density at radius 1 is 1.45 bits per heavy atom. The topological polar surface area (TPSA) is 75.0 Å². The maximum Gasteiger partial charge on any atom is 0.357 e. The molecular weight excluding hydrogens is 274 g/mol. The van der Waals surface area contributed by atoms with Crippen molar-refractivity contribution in [2.24, 2.45) is 0 Å². The van der Waals surface area contributed by atoms with Crippen LogP contribution in [-0.4, -0.2) is 17.6 Å². The lowest BCUT2D eigenvalue weighted by atomic mass is 10.1. The summed E-state index contributed by atoms with van der Waals surface area (Å²) in [5.74, 6) is -0.416. The summed E-state index contributed by atoms with van der Waals surface area (Å²) in [7, 11) is 0. The number of hydrogen-bond donors (Lipinski definition) is 1. The Morgan fingerprint density at radius 3 is 2.85 bits per heavy atom. The van der Waals surface area contributed by atoms with Gasteiger partial charge in [0.05, 0.1) is 19.1 Å². The lowest BCUT2D eigenvalue weighted by Gasteiger charge is -2.03. The first-order valence-corrected chi connectivity index (χ1v) is 6.96. The lowest BCUT2D eigenvalue weighted by Crippen LogP contribution is -2.04. The van der Waals surface area contributed by atoms with Gasteiger partial charge >= 0.3 is 5.97 Å². The van der Waals surface area contributed by atoms with Crippen LogP contribution < -0.4 is 5.32 Å². The standard InChI is InChI=1S/C14H13N3O2S/c1-2-19-13(18)12-9-20-14(17-12)16-11-5-3-10(4-6-11)7-8-15/h3-6,9H,2,7H2,1H3,(H,16,17). The summed E-state index contributed by atoms with van der Waals surface area (Å²) >= 11 is 1.34. The van der Waals surface area contributed by atoms with Crippen LogP contribution in [0.5, 0.6) is 0 Å². The molecule has 0 aliphatic heterocycles. The van der Waals surface area contributed by atoms with Crippen LogP contribution in [0.3, 0.4) is 0 Å². The normalized spacial score (nSPS) is 9.80. The number of anilines is 2. The Kier molecular flexibility index (Phi) is 4.69. The zero-order chi connectivity index (χ0) is 14.4. The second-order valence-corrected chi connectivity index (χ2v) is 4.77. The molecule has 2 aromatic rings. The summed E-state index contributed by atoms with van der Waals surface area (Å²) in [6, 6.07) is 9.61. The Balaban J connectivity index is 2.03. The molecule has 0 radical (unpaired) electrons. The first-order chi connectivity index (χ1) is 9.72. The fourth-order valence-electron chi connectivity index (χ4n) is 1.55. The molecular formula is C14H13N3O2S. The van der Waals surface area contributed by atoms with Crippen molar-refractivity contribution < 1.29 is 9.53 Å². The number of carbonyl (C=O) groups is 1. The van der Waals surface area contributed by atoms with E-state index in [1.165, 1.54) is 11.3 Å². The van der Waals surface area contributed by atoms with Crippen molar-refractivity contribution in [1.82, 2.24) is 4.98 Å². The van der Waals surface area contributed by atoms with Crippen molar-refractivity contribution in [2.75, 3.05) is 11.9 Å². The third kappa shape index (κ3) is 3.56. The average molecular weight is 287 g/mol. The lowest BCUT2D eigenvalue weighted by molar-refractivity contribution is 0.0520. The molecule has 0 atom stereocenters. The Hall–Kier alpha value is -2.39. The quantitative estimate of drug-likeness (QED) is 0.855. The molecule has 0 aliphatic rings. The zero-order valence-electron chi connectivity index (χ0n) is 10.9. The van der Waals surface area contributed by atoms with Crippen LogP contribution in [0.4, 0.5) is 10.8 Å². The van der Waals surface area contributed by atoms with Crippen molar-refractivity contribution in [3.05, 3.63) is 40.9 Å². The smallest absolute Gasteiger partial charge is 0.357 e. The fraction of sp³-hybridized carbons (Fsp3) is 0.214. The number of ether oxygens (including phenoxy) is 1. The summed E-state index contributed by atoms with van der Waals surface area (Å²) in [6.07, 6.45) is 0.393. The summed E-state index contributed by atoms with van der Waals surface area (Å²) in [5, 5.41) is 14.0. The molecule has 0 fully saturated rings. The van der Waals surface area contributed by atoms with Gasteiger partial charge in [-0.2, -0.15) is 5.26 Å². The maximum atomic E-state index is 11.5. The molecule has 0 saturated carbocycles. The number of nitriles is 1. The van der Waals surface area contributed by atoms with Gasteiger partial charge in [-0.1, -0.05) is 12.1 Å².